The van der Waals surface area contributed by atoms with Crippen LogP contribution in [0.1, 0.15) is 27.2 Å². The lowest BCUT2D eigenvalue weighted by atomic mass is 10.3. The van der Waals surface area contributed by atoms with E-state index >= 15 is 0 Å². The first-order valence-electron chi connectivity index (χ1n) is 4.98. The summed E-state index contributed by atoms with van der Waals surface area (Å²) in [4.78, 5) is 8.30. The van der Waals surface area contributed by atoms with Crippen molar-refractivity contribution in [3.8, 4) is 5.88 Å². The van der Waals surface area contributed by atoms with Crippen molar-refractivity contribution in [3.63, 3.8) is 0 Å². The molecule has 0 amide bonds. The molecule has 1 rings (SSSR count). The van der Waals surface area contributed by atoms with Crippen LogP contribution in [-0.2, 0) is 0 Å². The molecule has 0 saturated carbocycles. The van der Waals surface area contributed by atoms with Crippen molar-refractivity contribution in [2.24, 2.45) is 0 Å². The Hall–Kier alpha value is -1.32. The lowest BCUT2D eigenvalue weighted by Crippen LogP contribution is -2.11. The Balaban J connectivity index is 2.63. The predicted octanol–water partition coefficient (Wildman–Crippen LogP) is 2.09. The summed E-state index contributed by atoms with van der Waals surface area (Å²) in [5.41, 5.74) is 0. The second-order valence-corrected chi connectivity index (χ2v) is 3.11. The Morgan fingerprint density at radius 2 is 2.21 bits per heavy atom. The van der Waals surface area contributed by atoms with Gasteiger partial charge in [-0.25, -0.2) is 0 Å². The van der Waals surface area contributed by atoms with Crippen molar-refractivity contribution in [3.05, 3.63) is 12.4 Å². The summed E-state index contributed by atoms with van der Waals surface area (Å²) in [7, 11) is 0. The molecule has 0 spiro atoms. The van der Waals surface area contributed by atoms with Crippen molar-refractivity contribution in [2.45, 2.75) is 33.3 Å². The fraction of sp³-hybridized carbons (Fsp3) is 0.600. The zero-order valence-corrected chi connectivity index (χ0v) is 8.95. The monoisotopic (exact) mass is 195 g/mol. The van der Waals surface area contributed by atoms with E-state index < -0.39 is 0 Å². The lowest BCUT2D eigenvalue weighted by molar-refractivity contribution is 0.208. The molecular formula is C10H17N3O. The summed E-state index contributed by atoms with van der Waals surface area (Å²) < 4.78 is 5.54. The molecule has 0 radical (unpaired) electrons. The molecule has 0 aliphatic heterocycles. The van der Waals surface area contributed by atoms with Gasteiger partial charge in [-0.1, -0.05) is 6.92 Å². The maximum atomic E-state index is 5.54. The second-order valence-electron chi connectivity index (χ2n) is 3.11. The van der Waals surface area contributed by atoms with Crippen molar-refractivity contribution in [1.29, 1.82) is 0 Å². The minimum absolute atomic E-state index is 0.182. The van der Waals surface area contributed by atoms with E-state index in [0.29, 0.717) is 5.88 Å². The first-order valence-corrected chi connectivity index (χ1v) is 4.98. The Kier molecular flexibility index (Phi) is 4.16. The average Bonchev–Trinajstić information content (AvgIpc) is 2.19. The summed E-state index contributed by atoms with van der Waals surface area (Å²) in [5.74, 6) is 1.34. The van der Waals surface area contributed by atoms with Gasteiger partial charge in [-0.2, -0.15) is 4.98 Å². The van der Waals surface area contributed by atoms with Crippen molar-refractivity contribution < 1.29 is 4.74 Å². The highest BCUT2D eigenvalue weighted by Gasteiger charge is 2.03. The number of hydrogen-bond acceptors (Lipinski definition) is 4. The molecule has 1 aromatic heterocycles. The van der Waals surface area contributed by atoms with Gasteiger partial charge in [0, 0.05) is 6.54 Å². The molecule has 0 fully saturated rings. The smallest absolute Gasteiger partial charge is 0.234 e. The molecule has 0 saturated heterocycles. The minimum Gasteiger partial charge on any atom is -0.474 e. The molecule has 4 heteroatoms. The normalized spacial score (nSPS) is 12.2. The fourth-order valence-electron chi connectivity index (χ4n) is 0.961. The Labute approximate surface area is 84.7 Å². The third kappa shape index (κ3) is 3.20. The number of hydrogen-bond donors (Lipinski definition) is 1. The van der Waals surface area contributed by atoms with E-state index in [2.05, 4.69) is 22.2 Å². The SMILES string of the molecule is CCNc1cncc(OC(C)CC)n1. The zero-order valence-electron chi connectivity index (χ0n) is 8.95. The van der Waals surface area contributed by atoms with Gasteiger partial charge in [0.15, 0.2) is 0 Å². The number of rotatable bonds is 5. The van der Waals surface area contributed by atoms with Crippen molar-refractivity contribution in [1.82, 2.24) is 9.97 Å². The number of ether oxygens (including phenoxy) is 1. The van der Waals surface area contributed by atoms with Crippen LogP contribution in [-0.4, -0.2) is 22.6 Å². The van der Waals surface area contributed by atoms with Gasteiger partial charge in [0.25, 0.3) is 0 Å². The molecule has 0 aromatic carbocycles. The van der Waals surface area contributed by atoms with Gasteiger partial charge in [-0.15, -0.1) is 0 Å². The van der Waals surface area contributed by atoms with Gasteiger partial charge in [-0.05, 0) is 20.3 Å². The van der Waals surface area contributed by atoms with Crippen LogP contribution in [0.3, 0.4) is 0 Å². The largest absolute Gasteiger partial charge is 0.474 e. The molecule has 1 unspecified atom stereocenters. The quantitative estimate of drug-likeness (QED) is 0.781. The van der Waals surface area contributed by atoms with Crippen LogP contribution in [0.25, 0.3) is 0 Å². The van der Waals surface area contributed by atoms with E-state index in [1.165, 1.54) is 0 Å². The second kappa shape index (κ2) is 5.42. The zero-order chi connectivity index (χ0) is 10.4. The van der Waals surface area contributed by atoms with Crippen molar-refractivity contribution in [2.75, 3.05) is 11.9 Å². The molecule has 0 aliphatic rings. The third-order valence-electron chi connectivity index (χ3n) is 1.87. The van der Waals surface area contributed by atoms with Crippen LogP contribution in [0.5, 0.6) is 5.88 Å². The first-order chi connectivity index (χ1) is 6.76. The molecule has 14 heavy (non-hydrogen) atoms. The van der Waals surface area contributed by atoms with E-state index in [1.54, 1.807) is 12.4 Å². The lowest BCUT2D eigenvalue weighted by Gasteiger charge is -2.11. The summed E-state index contributed by atoms with van der Waals surface area (Å²) in [6.45, 7) is 6.94. The fourth-order valence-corrected chi connectivity index (χ4v) is 0.961. The van der Waals surface area contributed by atoms with Crippen LogP contribution in [0.15, 0.2) is 12.4 Å². The van der Waals surface area contributed by atoms with Crippen LogP contribution < -0.4 is 10.1 Å². The molecule has 1 atom stereocenters. The number of nitrogens with zero attached hydrogens (tertiary/aromatic N) is 2. The van der Waals surface area contributed by atoms with E-state index in [1.807, 2.05) is 13.8 Å². The van der Waals surface area contributed by atoms with Gasteiger partial charge in [0.2, 0.25) is 5.88 Å². The van der Waals surface area contributed by atoms with E-state index in [0.717, 1.165) is 18.8 Å². The first kappa shape index (κ1) is 10.8. The maximum absolute atomic E-state index is 5.54. The molecular weight excluding hydrogens is 178 g/mol. The molecule has 4 nitrogen and oxygen atoms in total. The predicted molar refractivity (Wildman–Crippen MR) is 56.6 cm³/mol. The summed E-state index contributed by atoms with van der Waals surface area (Å²) >= 11 is 0. The molecule has 1 N–H and O–H groups in total. The molecule has 78 valence electrons. The maximum Gasteiger partial charge on any atom is 0.234 e. The molecule has 1 aromatic rings. The highest BCUT2D eigenvalue weighted by atomic mass is 16.5. The summed E-state index contributed by atoms with van der Waals surface area (Å²) in [6.07, 6.45) is 4.47. The van der Waals surface area contributed by atoms with Crippen LogP contribution in [0.2, 0.25) is 0 Å². The summed E-state index contributed by atoms with van der Waals surface area (Å²) in [6, 6.07) is 0. The van der Waals surface area contributed by atoms with E-state index in [-0.39, 0.29) is 6.10 Å². The van der Waals surface area contributed by atoms with Crippen LogP contribution >= 0.6 is 0 Å². The Morgan fingerprint density at radius 1 is 1.43 bits per heavy atom. The van der Waals surface area contributed by atoms with Gasteiger partial charge >= 0.3 is 0 Å². The Bertz CT molecular complexity index is 278. The topological polar surface area (TPSA) is 47.0 Å². The standard InChI is InChI=1S/C10H17N3O/c1-4-8(3)14-10-7-11-6-9(13-10)12-5-2/h6-8H,4-5H2,1-3H3,(H,12,13). The highest BCUT2D eigenvalue weighted by Crippen LogP contribution is 2.11. The van der Waals surface area contributed by atoms with Crippen molar-refractivity contribution >= 4 is 5.82 Å². The number of nitrogens with one attached hydrogen (secondary N) is 1. The third-order valence-corrected chi connectivity index (χ3v) is 1.87. The van der Waals surface area contributed by atoms with Gasteiger partial charge in [0.05, 0.1) is 18.5 Å². The Morgan fingerprint density at radius 3 is 2.86 bits per heavy atom. The average molecular weight is 195 g/mol. The highest BCUT2D eigenvalue weighted by molar-refractivity contribution is 5.32. The van der Waals surface area contributed by atoms with Crippen LogP contribution in [0, 0.1) is 0 Å². The molecule has 0 aliphatic carbocycles. The van der Waals surface area contributed by atoms with E-state index in [4.69, 9.17) is 4.74 Å². The van der Waals surface area contributed by atoms with Gasteiger partial charge in [-0.3, -0.25) is 4.98 Å². The number of aromatic nitrogens is 2. The number of anilines is 1. The minimum atomic E-state index is 0.182. The summed E-state index contributed by atoms with van der Waals surface area (Å²) in [5, 5.41) is 3.09. The van der Waals surface area contributed by atoms with Gasteiger partial charge < -0.3 is 10.1 Å². The van der Waals surface area contributed by atoms with Crippen LogP contribution in [0.4, 0.5) is 5.82 Å². The molecule has 1 heterocycles. The van der Waals surface area contributed by atoms with Gasteiger partial charge in [0.1, 0.15) is 5.82 Å². The van der Waals surface area contributed by atoms with E-state index in [9.17, 15) is 0 Å². The molecule has 0 bridgehead atoms.